The fourth-order valence-electron chi connectivity index (χ4n) is 4.15. The third-order valence-electron chi connectivity index (χ3n) is 5.68. The third kappa shape index (κ3) is 2.98. The molecule has 2 fully saturated rings. The van der Waals surface area contributed by atoms with Gasteiger partial charge in [-0.25, -0.2) is 9.97 Å². The number of piperidine rings is 2. The monoisotopic (exact) mass is 342 g/mol. The van der Waals surface area contributed by atoms with E-state index >= 15 is 0 Å². The lowest BCUT2D eigenvalue weighted by Gasteiger charge is -2.36. The second-order valence-electron chi connectivity index (χ2n) is 7.33. The van der Waals surface area contributed by atoms with Gasteiger partial charge in [0, 0.05) is 31.7 Å². The van der Waals surface area contributed by atoms with Crippen molar-refractivity contribution in [3.63, 3.8) is 0 Å². The molecule has 0 aromatic carbocycles. The van der Waals surface area contributed by atoms with Gasteiger partial charge in [0.05, 0.1) is 11.3 Å². The quantitative estimate of drug-likeness (QED) is 0.839. The second kappa shape index (κ2) is 6.65. The summed E-state index contributed by atoms with van der Waals surface area (Å²) in [7, 11) is 0. The lowest BCUT2D eigenvalue weighted by Crippen LogP contribution is -2.46. The number of furan rings is 1. The zero-order valence-electron chi connectivity index (χ0n) is 15.1. The molecule has 6 heteroatoms. The van der Waals surface area contributed by atoms with Gasteiger partial charge >= 0.3 is 0 Å². The van der Waals surface area contributed by atoms with E-state index in [2.05, 4.69) is 19.8 Å². The van der Waals surface area contributed by atoms with E-state index in [1.54, 1.807) is 6.33 Å². The number of aryl methyl sites for hydroxylation is 2. The smallest absolute Gasteiger partial charge is 0.231 e. The van der Waals surface area contributed by atoms with Crippen LogP contribution in [0.1, 0.15) is 43.4 Å². The minimum atomic E-state index is 0.0742. The summed E-state index contributed by atoms with van der Waals surface area (Å²) in [4.78, 5) is 26.0. The van der Waals surface area contributed by atoms with Crippen LogP contribution in [0, 0.1) is 19.8 Å². The van der Waals surface area contributed by atoms with Gasteiger partial charge in [-0.05, 0) is 46.0 Å². The predicted molar refractivity (Wildman–Crippen MR) is 96.6 cm³/mol. The first kappa shape index (κ1) is 16.4. The molecule has 0 spiro atoms. The van der Waals surface area contributed by atoms with Crippen LogP contribution in [0.5, 0.6) is 0 Å². The van der Waals surface area contributed by atoms with Crippen molar-refractivity contribution >= 4 is 22.8 Å². The number of fused-ring (bicyclic) bond motifs is 1. The summed E-state index contributed by atoms with van der Waals surface area (Å²) in [6, 6.07) is 0. The molecule has 2 aliphatic heterocycles. The minimum Gasteiger partial charge on any atom is -0.443 e. The van der Waals surface area contributed by atoms with Crippen molar-refractivity contribution in [1.82, 2.24) is 14.9 Å². The standard InChI is InChI=1S/C19H26N4O2/c1-13-14(2)25-18-16(13)17(20-12-21-18)23-10-6-7-15(11-23)19(24)22-8-4-3-5-9-22/h12,15H,3-11H2,1-2H3. The largest absolute Gasteiger partial charge is 0.443 e. The molecule has 0 N–H and O–H groups in total. The highest BCUT2D eigenvalue weighted by molar-refractivity contribution is 5.90. The maximum Gasteiger partial charge on any atom is 0.231 e. The Morgan fingerprint density at radius 1 is 1.12 bits per heavy atom. The number of hydrogen-bond donors (Lipinski definition) is 0. The molecule has 1 amide bonds. The maximum atomic E-state index is 12.9. The second-order valence-corrected chi connectivity index (χ2v) is 7.33. The normalized spacial score (nSPS) is 21.8. The molecule has 0 radical (unpaired) electrons. The number of rotatable bonds is 2. The van der Waals surface area contributed by atoms with Crippen LogP contribution in [-0.4, -0.2) is 47.0 Å². The number of hydrogen-bond acceptors (Lipinski definition) is 5. The van der Waals surface area contributed by atoms with Crippen LogP contribution in [-0.2, 0) is 4.79 Å². The topological polar surface area (TPSA) is 62.5 Å². The first-order chi connectivity index (χ1) is 12.1. The van der Waals surface area contributed by atoms with E-state index in [9.17, 15) is 4.79 Å². The molecule has 4 heterocycles. The molecule has 2 aromatic heterocycles. The molecule has 6 nitrogen and oxygen atoms in total. The zero-order chi connectivity index (χ0) is 17.4. The van der Waals surface area contributed by atoms with Crippen molar-refractivity contribution in [2.45, 2.75) is 46.0 Å². The lowest BCUT2D eigenvalue weighted by atomic mass is 9.95. The van der Waals surface area contributed by atoms with Crippen molar-refractivity contribution in [3.8, 4) is 0 Å². The summed E-state index contributed by atoms with van der Waals surface area (Å²) in [5.41, 5.74) is 1.74. The number of carbonyl (C=O) groups excluding carboxylic acids is 1. The van der Waals surface area contributed by atoms with Gasteiger partial charge in [-0.1, -0.05) is 0 Å². The van der Waals surface area contributed by atoms with Crippen molar-refractivity contribution in [1.29, 1.82) is 0 Å². The summed E-state index contributed by atoms with van der Waals surface area (Å²) < 4.78 is 5.75. The number of carbonyl (C=O) groups is 1. The van der Waals surface area contributed by atoms with Crippen LogP contribution in [0.3, 0.4) is 0 Å². The van der Waals surface area contributed by atoms with Crippen LogP contribution in [0.25, 0.3) is 11.1 Å². The van der Waals surface area contributed by atoms with E-state index in [0.717, 1.165) is 74.4 Å². The molecule has 1 atom stereocenters. The number of amides is 1. The Morgan fingerprint density at radius 3 is 2.72 bits per heavy atom. The van der Waals surface area contributed by atoms with E-state index in [4.69, 9.17) is 4.42 Å². The number of likely N-dealkylation sites (tertiary alicyclic amines) is 1. The van der Waals surface area contributed by atoms with E-state index in [0.29, 0.717) is 11.6 Å². The predicted octanol–water partition coefficient (Wildman–Crippen LogP) is 3.07. The minimum absolute atomic E-state index is 0.0742. The number of nitrogens with zero attached hydrogens (tertiary/aromatic N) is 4. The van der Waals surface area contributed by atoms with Crippen LogP contribution >= 0.6 is 0 Å². The summed E-state index contributed by atoms with van der Waals surface area (Å²) in [5.74, 6) is 2.20. The Balaban J connectivity index is 1.58. The van der Waals surface area contributed by atoms with E-state index in [1.165, 1.54) is 6.42 Å². The summed E-state index contributed by atoms with van der Waals surface area (Å²) >= 11 is 0. The van der Waals surface area contributed by atoms with Gasteiger partial charge in [0.2, 0.25) is 11.6 Å². The van der Waals surface area contributed by atoms with E-state index in [1.807, 2.05) is 13.8 Å². The first-order valence-corrected chi connectivity index (χ1v) is 9.39. The fourth-order valence-corrected chi connectivity index (χ4v) is 4.15. The molecule has 2 saturated heterocycles. The highest BCUT2D eigenvalue weighted by atomic mass is 16.3. The van der Waals surface area contributed by atoms with Gasteiger partial charge in [0.1, 0.15) is 17.9 Å². The first-order valence-electron chi connectivity index (χ1n) is 9.39. The van der Waals surface area contributed by atoms with Crippen molar-refractivity contribution in [2.24, 2.45) is 5.92 Å². The van der Waals surface area contributed by atoms with Crippen LogP contribution in [0.2, 0.25) is 0 Å². The molecular weight excluding hydrogens is 316 g/mol. The number of anilines is 1. The molecule has 2 aliphatic rings. The summed E-state index contributed by atoms with van der Waals surface area (Å²) in [6.07, 6.45) is 7.09. The van der Waals surface area contributed by atoms with Gasteiger partial charge in [-0.3, -0.25) is 4.79 Å². The lowest BCUT2D eigenvalue weighted by molar-refractivity contribution is -0.136. The summed E-state index contributed by atoms with van der Waals surface area (Å²) in [6.45, 7) is 7.53. The molecule has 25 heavy (non-hydrogen) atoms. The van der Waals surface area contributed by atoms with E-state index in [-0.39, 0.29) is 5.92 Å². The third-order valence-corrected chi connectivity index (χ3v) is 5.68. The Morgan fingerprint density at radius 2 is 1.92 bits per heavy atom. The molecule has 2 aromatic rings. The Hall–Kier alpha value is -2.11. The Labute approximate surface area is 148 Å². The van der Waals surface area contributed by atoms with Gasteiger partial charge in [-0.2, -0.15) is 0 Å². The summed E-state index contributed by atoms with van der Waals surface area (Å²) in [5, 5.41) is 0.992. The van der Waals surface area contributed by atoms with Crippen molar-refractivity contribution in [3.05, 3.63) is 17.7 Å². The van der Waals surface area contributed by atoms with Crippen LogP contribution in [0.15, 0.2) is 10.7 Å². The zero-order valence-corrected chi connectivity index (χ0v) is 15.1. The molecule has 134 valence electrons. The van der Waals surface area contributed by atoms with Crippen molar-refractivity contribution < 1.29 is 9.21 Å². The number of aromatic nitrogens is 2. The molecule has 4 rings (SSSR count). The Kier molecular flexibility index (Phi) is 4.36. The Bertz CT molecular complexity index is 779. The average molecular weight is 342 g/mol. The van der Waals surface area contributed by atoms with E-state index < -0.39 is 0 Å². The van der Waals surface area contributed by atoms with Crippen LogP contribution in [0.4, 0.5) is 5.82 Å². The van der Waals surface area contributed by atoms with Gasteiger partial charge in [0.25, 0.3) is 0 Å². The van der Waals surface area contributed by atoms with Crippen LogP contribution < -0.4 is 4.90 Å². The SMILES string of the molecule is Cc1oc2ncnc(N3CCCC(C(=O)N4CCCCC4)C3)c2c1C. The fraction of sp³-hybridized carbons (Fsp3) is 0.632. The molecule has 1 unspecified atom stereocenters. The van der Waals surface area contributed by atoms with Gasteiger partial charge < -0.3 is 14.2 Å². The molecule has 0 saturated carbocycles. The van der Waals surface area contributed by atoms with Gasteiger partial charge in [0.15, 0.2) is 0 Å². The highest BCUT2D eigenvalue weighted by Gasteiger charge is 2.31. The van der Waals surface area contributed by atoms with Crippen molar-refractivity contribution in [2.75, 3.05) is 31.1 Å². The maximum absolute atomic E-state index is 12.9. The molecule has 0 bridgehead atoms. The molecular formula is C19H26N4O2. The molecule has 0 aliphatic carbocycles. The van der Waals surface area contributed by atoms with Gasteiger partial charge in [-0.15, -0.1) is 0 Å². The highest BCUT2D eigenvalue weighted by Crippen LogP contribution is 2.33. The average Bonchev–Trinajstić information content (AvgIpc) is 2.96.